The van der Waals surface area contributed by atoms with Crippen molar-refractivity contribution in [3.8, 4) is 17.1 Å². The van der Waals surface area contributed by atoms with Crippen LogP contribution in [0.3, 0.4) is 0 Å². The molecule has 0 atom stereocenters. The van der Waals surface area contributed by atoms with Gasteiger partial charge in [-0.15, -0.1) is 10.2 Å². The molecule has 48 heavy (non-hydrogen) atoms. The summed E-state index contributed by atoms with van der Waals surface area (Å²) in [7, 11) is 0. The standard InChI is InChI=1S/C39H29F3N6/c1-26-9-7-11-31(23-26)45-22-21-37(43-45)47(38-24-27(2)48(44-38)32-12-8-10-28(25-32)39(40,41)42)30-19-17-29(18-20-30)46-35-15-5-3-13-33(35)34-14-4-6-16-36(34)46/h3-25H,1-2H3. The van der Waals surface area contributed by atoms with Gasteiger partial charge in [-0.3, -0.25) is 4.90 Å². The Kier molecular flexibility index (Phi) is 6.91. The molecule has 0 amide bonds. The van der Waals surface area contributed by atoms with Crippen LogP contribution in [0.4, 0.5) is 30.5 Å². The van der Waals surface area contributed by atoms with Crippen molar-refractivity contribution in [1.29, 1.82) is 0 Å². The van der Waals surface area contributed by atoms with Crippen molar-refractivity contribution in [2.45, 2.75) is 20.0 Å². The van der Waals surface area contributed by atoms with Crippen molar-refractivity contribution in [1.82, 2.24) is 24.1 Å². The molecule has 5 aromatic carbocycles. The molecule has 0 aliphatic heterocycles. The van der Waals surface area contributed by atoms with E-state index in [1.54, 1.807) is 10.7 Å². The fraction of sp³-hybridized carbons (Fsp3) is 0.0769. The van der Waals surface area contributed by atoms with Crippen molar-refractivity contribution >= 4 is 39.1 Å². The lowest BCUT2D eigenvalue weighted by atomic mass is 10.2. The Morgan fingerprint density at radius 3 is 1.94 bits per heavy atom. The average molecular weight is 639 g/mol. The number of aryl methyl sites for hydroxylation is 2. The van der Waals surface area contributed by atoms with Gasteiger partial charge in [0, 0.05) is 46.2 Å². The highest BCUT2D eigenvalue weighted by Gasteiger charge is 2.31. The third kappa shape index (κ3) is 5.09. The Hall–Kier alpha value is -6.09. The number of rotatable bonds is 6. The van der Waals surface area contributed by atoms with E-state index < -0.39 is 11.7 Å². The Bertz CT molecular complexity index is 2380. The summed E-state index contributed by atoms with van der Waals surface area (Å²) in [6, 6.07) is 41.9. The van der Waals surface area contributed by atoms with Crippen molar-refractivity contribution < 1.29 is 13.2 Å². The van der Waals surface area contributed by atoms with Gasteiger partial charge in [0.25, 0.3) is 0 Å². The van der Waals surface area contributed by atoms with Crippen LogP contribution in [-0.2, 0) is 6.18 Å². The second-order valence-electron chi connectivity index (χ2n) is 11.8. The van der Waals surface area contributed by atoms with Crippen LogP contribution in [0.5, 0.6) is 0 Å². The van der Waals surface area contributed by atoms with Gasteiger partial charge >= 0.3 is 6.18 Å². The van der Waals surface area contributed by atoms with Crippen LogP contribution in [0.2, 0.25) is 0 Å². The number of benzene rings is 5. The first-order chi connectivity index (χ1) is 23.2. The number of nitrogens with zero attached hydrogens (tertiary/aromatic N) is 6. The highest BCUT2D eigenvalue weighted by Crippen LogP contribution is 2.37. The maximum atomic E-state index is 13.6. The molecule has 0 saturated carbocycles. The minimum Gasteiger partial charge on any atom is -0.309 e. The molecule has 0 radical (unpaired) electrons. The van der Waals surface area contributed by atoms with Gasteiger partial charge < -0.3 is 4.57 Å². The van der Waals surface area contributed by atoms with E-state index in [-0.39, 0.29) is 0 Å². The molecule has 6 nitrogen and oxygen atoms in total. The molecule has 0 N–H and O–H groups in total. The lowest BCUT2D eigenvalue weighted by Crippen LogP contribution is -2.13. The fourth-order valence-corrected chi connectivity index (χ4v) is 6.32. The van der Waals surface area contributed by atoms with Crippen molar-refractivity contribution in [2.24, 2.45) is 0 Å². The van der Waals surface area contributed by atoms with Crippen LogP contribution in [-0.4, -0.2) is 24.1 Å². The third-order valence-corrected chi connectivity index (χ3v) is 8.54. The van der Waals surface area contributed by atoms with Gasteiger partial charge in [0.15, 0.2) is 11.6 Å². The van der Waals surface area contributed by atoms with Gasteiger partial charge in [-0.2, -0.15) is 13.2 Å². The number of hydrogen-bond donors (Lipinski definition) is 0. The summed E-state index contributed by atoms with van der Waals surface area (Å²) in [6.45, 7) is 3.85. The zero-order valence-electron chi connectivity index (χ0n) is 26.1. The lowest BCUT2D eigenvalue weighted by Gasteiger charge is -2.21. The largest absolute Gasteiger partial charge is 0.416 e. The molecule has 0 aliphatic carbocycles. The smallest absolute Gasteiger partial charge is 0.309 e. The Labute approximate surface area is 274 Å². The zero-order valence-corrected chi connectivity index (χ0v) is 26.1. The first-order valence-electron chi connectivity index (χ1n) is 15.5. The maximum Gasteiger partial charge on any atom is 0.416 e. The first-order valence-corrected chi connectivity index (χ1v) is 15.5. The van der Waals surface area contributed by atoms with E-state index in [2.05, 4.69) is 53.1 Å². The van der Waals surface area contributed by atoms with E-state index in [0.717, 1.165) is 45.8 Å². The van der Waals surface area contributed by atoms with Crippen LogP contribution >= 0.6 is 0 Å². The Morgan fingerprint density at radius 1 is 0.583 bits per heavy atom. The minimum atomic E-state index is -4.47. The van der Waals surface area contributed by atoms with Crippen LogP contribution < -0.4 is 4.90 Å². The molecule has 3 aromatic heterocycles. The van der Waals surface area contributed by atoms with Gasteiger partial charge in [0.2, 0.25) is 0 Å². The number of alkyl halides is 3. The highest BCUT2D eigenvalue weighted by atomic mass is 19.4. The van der Waals surface area contributed by atoms with E-state index in [0.29, 0.717) is 23.0 Å². The van der Waals surface area contributed by atoms with E-state index in [9.17, 15) is 13.2 Å². The van der Waals surface area contributed by atoms with Crippen molar-refractivity contribution in [3.63, 3.8) is 0 Å². The molecule has 0 aliphatic rings. The highest BCUT2D eigenvalue weighted by molar-refractivity contribution is 6.09. The Balaban J connectivity index is 1.25. The molecule has 0 spiro atoms. The molecule has 8 rings (SSSR count). The number of hydrogen-bond acceptors (Lipinski definition) is 3. The number of fused-ring (bicyclic) bond motifs is 3. The number of halogens is 3. The van der Waals surface area contributed by atoms with Gasteiger partial charge in [-0.05, 0) is 86.1 Å². The van der Waals surface area contributed by atoms with Gasteiger partial charge in [0.05, 0.1) is 28.0 Å². The van der Waals surface area contributed by atoms with Crippen molar-refractivity contribution in [3.05, 3.63) is 156 Å². The molecule has 0 saturated heterocycles. The molecule has 236 valence electrons. The molecule has 0 bridgehead atoms. The molecular formula is C39H29F3N6. The quantitative estimate of drug-likeness (QED) is 0.182. The van der Waals surface area contributed by atoms with Crippen LogP contribution in [0.15, 0.2) is 140 Å². The summed E-state index contributed by atoms with van der Waals surface area (Å²) >= 11 is 0. The number of aromatic nitrogens is 5. The van der Waals surface area contributed by atoms with E-state index in [1.807, 2.05) is 85.6 Å². The fourth-order valence-electron chi connectivity index (χ4n) is 6.32. The van der Waals surface area contributed by atoms with Crippen LogP contribution in [0.1, 0.15) is 16.8 Å². The number of anilines is 3. The van der Waals surface area contributed by atoms with Gasteiger partial charge in [-0.25, -0.2) is 9.36 Å². The lowest BCUT2D eigenvalue weighted by molar-refractivity contribution is -0.137. The molecule has 0 unspecified atom stereocenters. The SMILES string of the molecule is Cc1cccc(-n2ccc(N(c3ccc(-n4c5ccccc5c5ccccc54)cc3)c3cc(C)n(-c4cccc(C(F)(F)F)c4)n3)n2)c1. The predicted octanol–water partition coefficient (Wildman–Crippen LogP) is 10.3. The normalized spacial score (nSPS) is 11.9. The van der Waals surface area contributed by atoms with Gasteiger partial charge in [-0.1, -0.05) is 54.6 Å². The summed E-state index contributed by atoms with van der Waals surface area (Å²) in [5.41, 5.74) is 6.29. The van der Waals surface area contributed by atoms with E-state index in [1.165, 1.54) is 21.5 Å². The average Bonchev–Trinajstić information content (AvgIpc) is 3.81. The van der Waals surface area contributed by atoms with E-state index >= 15 is 0 Å². The summed E-state index contributed by atoms with van der Waals surface area (Å²) in [4.78, 5) is 1.92. The molecule has 9 heteroatoms. The second kappa shape index (κ2) is 11.3. The number of para-hydroxylation sites is 2. The summed E-state index contributed by atoms with van der Waals surface area (Å²) in [5, 5.41) is 12.1. The Morgan fingerprint density at radius 2 is 1.25 bits per heavy atom. The molecule has 3 heterocycles. The molecule has 0 fully saturated rings. The third-order valence-electron chi connectivity index (χ3n) is 8.54. The van der Waals surface area contributed by atoms with E-state index in [4.69, 9.17) is 10.2 Å². The van der Waals surface area contributed by atoms with Crippen molar-refractivity contribution in [2.75, 3.05) is 4.90 Å². The van der Waals surface area contributed by atoms with Crippen LogP contribution in [0, 0.1) is 13.8 Å². The second-order valence-corrected chi connectivity index (χ2v) is 11.8. The zero-order chi connectivity index (χ0) is 33.0. The molecular weight excluding hydrogens is 609 g/mol. The summed E-state index contributed by atoms with van der Waals surface area (Å²) in [6.07, 6.45) is -2.58. The van der Waals surface area contributed by atoms with Gasteiger partial charge in [0.1, 0.15) is 0 Å². The topological polar surface area (TPSA) is 43.8 Å². The summed E-state index contributed by atoms with van der Waals surface area (Å²) in [5.74, 6) is 1.12. The predicted molar refractivity (Wildman–Crippen MR) is 184 cm³/mol. The minimum absolute atomic E-state index is 0.320. The summed E-state index contributed by atoms with van der Waals surface area (Å²) < 4.78 is 46.3. The first kappa shape index (κ1) is 29.3. The monoisotopic (exact) mass is 638 g/mol. The van der Waals surface area contributed by atoms with Crippen LogP contribution in [0.25, 0.3) is 38.9 Å². The molecule has 8 aromatic rings. The maximum absolute atomic E-state index is 13.6.